The summed E-state index contributed by atoms with van der Waals surface area (Å²) in [6.45, 7) is 3.14. The number of carbonyl (C=O) groups excluding carboxylic acids is 1. The number of amides is 1. The van der Waals surface area contributed by atoms with E-state index in [0.717, 1.165) is 25.8 Å². The third kappa shape index (κ3) is 5.93. The lowest BCUT2D eigenvalue weighted by molar-refractivity contribution is -0.122. The number of aryl methyl sites for hydroxylation is 1. The van der Waals surface area contributed by atoms with Gasteiger partial charge < -0.3 is 10.6 Å². The van der Waals surface area contributed by atoms with Crippen molar-refractivity contribution in [2.75, 3.05) is 6.54 Å². The van der Waals surface area contributed by atoms with Gasteiger partial charge in [0, 0.05) is 18.5 Å². The Morgan fingerprint density at radius 1 is 1.40 bits per heavy atom. The number of halogens is 1. The summed E-state index contributed by atoms with van der Waals surface area (Å²) in [6, 6.07) is 11.1. The molecule has 0 radical (unpaired) electrons. The zero-order chi connectivity index (χ0) is 13.5. The average Bonchev–Trinajstić information content (AvgIpc) is 2.90. The molecule has 20 heavy (non-hydrogen) atoms. The lowest BCUT2D eigenvalue weighted by Gasteiger charge is -2.16. The van der Waals surface area contributed by atoms with Crippen LogP contribution in [-0.2, 0) is 11.2 Å². The Labute approximate surface area is 127 Å². The van der Waals surface area contributed by atoms with Crippen LogP contribution in [0.3, 0.4) is 0 Å². The molecule has 0 spiro atoms. The number of nitrogens with one attached hydrogen (secondary N) is 2. The van der Waals surface area contributed by atoms with Gasteiger partial charge in [-0.2, -0.15) is 0 Å². The predicted molar refractivity (Wildman–Crippen MR) is 85.3 cm³/mol. The summed E-state index contributed by atoms with van der Waals surface area (Å²) in [5.74, 6) is 0.181. The van der Waals surface area contributed by atoms with Crippen molar-refractivity contribution in [3.8, 4) is 0 Å². The van der Waals surface area contributed by atoms with Gasteiger partial charge in [-0.1, -0.05) is 30.3 Å². The zero-order valence-electron chi connectivity index (χ0n) is 12.1. The normalized spacial score (nSPS) is 19.1. The molecule has 0 aromatic heterocycles. The Bertz CT molecular complexity index is 391. The highest BCUT2D eigenvalue weighted by molar-refractivity contribution is 5.85. The molecule has 1 aliphatic rings. The van der Waals surface area contributed by atoms with Crippen LogP contribution in [0.25, 0.3) is 0 Å². The maximum Gasteiger partial charge on any atom is 0.221 e. The summed E-state index contributed by atoms with van der Waals surface area (Å²) in [5.41, 5.74) is 1.33. The third-order valence-corrected chi connectivity index (χ3v) is 3.71. The van der Waals surface area contributed by atoms with E-state index in [4.69, 9.17) is 0 Å². The minimum Gasteiger partial charge on any atom is -0.354 e. The van der Waals surface area contributed by atoms with Gasteiger partial charge in [-0.05, 0) is 44.7 Å². The van der Waals surface area contributed by atoms with Gasteiger partial charge in [0.25, 0.3) is 0 Å². The molecule has 1 heterocycles. The van der Waals surface area contributed by atoms with Gasteiger partial charge in [-0.15, -0.1) is 12.4 Å². The fourth-order valence-corrected chi connectivity index (χ4v) is 2.59. The molecule has 3 nitrogen and oxygen atoms in total. The van der Waals surface area contributed by atoms with E-state index >= 15 is 0 Å². The molecular weight excluding hydrogens is 272 g/mol. The third-order valence-electron chi connectivity index (χ3n) is 3.71. The first kappa shape index (κ1) is 17.0. The molecular formula is C16H25ClN2O. The first-order valence-corrected chi connectivity index (χ1v) is 7.30. The molecule has 1 fully saturated rings. The molecule has 2 N–H and O–H groups in total. The van der Waals surface area contributed by atoms with Crippen LogP contribution in [0.15, 0.2) is 30.3 Å². The van der Waals surface area contributed by atoms with E-state index in [-0.39, 0.29) is 24.4 Å². The van der Waals surface area contributed by atoms with E-state index in [2.05, 4.69) is 41.8 Å². The highest BCUT2D eigenvalue weighted by Gasteiger charge is 2.18. The molecule has 2 unspecified atom stereocenters. The van der Waals surface area contributed by atoms with Crippen LogP contribution < -0.4 is 10.6 Å². The van der Waals surface area contributed by atoms with Crippen LogP contribution >= 0.6 is 12.4 Å². The molecule has 2 atom stereocenters. The fraction of sp³-hybridized carbons (Fsp3) is 0.562. The lowest BCUT2D eigenvalue weighted by Crippen LogP contribution is -2.37. The first-order chi connectivity index (χ1) is 9.24. The molecule has 1 saturated heterocycles. The first-order valence-electron chi connectivity index (χ1n) is 7.30. The molecule has 1 aliphatic heterocycles. The van der Waals surface area contributed by atoms with Gasteiger partial charge in [0.05, 0.1) is 0 Å². The van der Waals surface area contributed by atoms with Gasteiger partial charge in [-0.25, -0.2) is 0 Å². The second-order valence-electron chi connectivity index (χ2n) is 5.49. The van der Waals surface area contributed by atoms with Crippen molar-refractivity contribution in [2.45, 2.75) is 51.1 Å². The van der Waals surface area contributed by atoms with Gasteiger partial charge in [0.2, 0.25) is 5.91 Å². The molecule has 4 heteroatoms. The standard InChI is InChI=1S/C16H24N2O.ClH/c1-13(9-10-14-6-3-2-4-7-14)18-16(19)12-15-8-5-11-17-15;/h2-4,6-7,13,15,17H,5,8-12H2,1H3,(H,18,19);1H. The van der Waals surface area contributed by atoms with Crippen molar-refractivity contribution >= 4 is 18.3 Å². The van der Waals surface area contributed by atoms with Crippen LogP contribution in [-0.4, -0.2) is 24.5 Å². The van der Waals surface area contributed by atoms with Gasteiger partial charge in [0.15, 0.2) is 0 Å². The Kier molecular flexibility index (Phi) is 7.63. The SMILES string of the molecule is CC(CCc1ccccc1)NC(=O)CC1CCCN1.Cl. The molecule has 2 rings (SSSR count). The topological polar surface area (TPSA) is 41.1 Å². The van der Waals surface area contributed by atoms with Crippen LogP contribution in [0.5, 0.6) is 0 Å². The van der Waals surface area contributed by atoms with Crippen LogP contribution in [0, 0.1) is 0 Å². The van der Waals surface area contributed by atoms with E-state index in [1.807, 2.05) is 6.07 Å². The largest absolute Gasteiger partial charge is 0.354 e. The predicted octanol–water partition coefficient (Wildman–Crippen LogP) is 2.69. The van der Waals surface area contributed by atoms with Crippen molar-refractivity contribution < 1.29 is 4.79 Å². The number of benzene rings is 1. The Morgan fingerprint density at radius 3 is 2.80 bits per heavy atom. The van der Waals surface area contributed by atoms with E-state index < -0.39 is 0 Å². The van der Waals surface area contributed by atoms with Crippen LogP contribution in [0.1, 0.15) is 38.2 Å². The molecule has 1 aromatic rings. The minimum absolute atomic E-state index is 0. The second kappa shape index (κ2) is 8.98. The van der Waals surface area contributed by atoms with Gasteiger partial charge in [0.1, 0.15) is 0 Å². The average molecular weight is 297 g/mol. The fourth-order valence-electron chi connectivity index (χ4n) is 2.59. The maximum absolute atomic E-state index is 11.9. The van der Waals surface area contributed by atoms with E-state index in [1.54, 1.807) is 0 Å². The molecule has 0 bridgehead atoms. The molecule has 1 amide bonds. The summed E-state index contributed by atoms with van der Waals surface area (Å²) in [5, 5.41) is 6.46. The van der Waals surface area contributed by atoms with E-state index in [1.165, 1.54) is 12.0 Å². The molecule has 0 aliphatic carbocycles. The lowest BCUT2D eigenvalue weighted by atomic mass is 10.1. The van der Waals surface area contributed by atoms with Gasteiger partial charge >= 0.3 is 0 Å². The van der Waals surface area contributed by atoms with E-state index in [0.29, 0.717) is 12.5 Å². The van der Waals surface area contributed by atoms with Crippen molar-refractivity contribution in [3.63, 3.8) is 0 Å². The Balaban J connectivity index is 0.00000200. The molecule has 1 aromatic carbocycles. The summed E-state index contributed by atoms with van der Waals surface area (Å²) in [7, 11) is 0. The quantitative estimate of drug-likeness (QED) is 0.847. The smallest absolute Gasteiger partial charge is 0.221 e. The van der Waals surface area contributed by atoms with E-state index in [9.17, 15) is 4.79 Å². The van der Waals surface area contributed by atoms with Crippen molar-refractivity contribution in [1.29, 1.82) is 0 Å². The maximum atomic E-state index is 11.9. The van der Waals surface area contributed by atoms with Crippen molar-refractivity contribution in [3.05, 3.63) is 35.9 Å². The Morgan fingerprint density at radius 2 is 2.15 bits per heavy atom. The second-order valence-corrected chi connectivity index (χ2v) is 5.49. The minimum atomic E-state index is 0. The Hall–Kier alpha value is -1.06. The molecule has 112 valence electrons. The van der Waals surface area contributed by atoms with Crippen LogP contribution in [0.2, 0.25) is 0 Å². The molecule has 0 saturated carbocycles. The number of rotatable bonds is 6. The van der Waals surface area contributed by atoms with Crippen molar-refractivity contribution in [2.24, 2.45) is 0 Å². The highest BCUT2D eigenvalue weighted by Crippen LogP contribution is 2.09. The zero-order valence-corrected chi connectivity index (χ0v) is 12.9. The number of carbonyl (C=O) groups is 1. The summed E-state index contributed by atoms with van der Waals surface area (Å²) < 4.78 is 0. The monoisotopic (exact) mass is 296 g/mol. The van der Waals surface area contributed by atoms with Gasteiger partial charge in [-0.3, -0.25) is 4.79 Å². The summed E-state index contributed by atoms with van der Waals surface area (Å²) in [6.07, 6.45) is 4.96. The highest BCUT2D eigenvalue weighted by atomic mass is 35.5. The van der Waals surface area contributed by atoms with Crippen molar-refractivity contribution in [1.82, 2.24) is 10.6 Å². The summed E-state index contributed by atoms with van der Waals surface area (Å²) >= 11 is 0. The summed E-state index contributed by atoms with van der Waals surface area (Å²) in [4.78, 5) is 11.9. The van der Waals surface area contributed by atoms with Crippen LogP contribution in [0.4, 0.5) is 0 Å². The number of hydrogen-bond donors (Lipinski definition) is 2. The number of hydrogen-bond acceptors (Lipinski definition) is 2.